The Morgan fingerprint density at radius 3 is 1.54 bits per heavy atom. The molecule has 35 heteroatoms. The van der Waals surface area contributed by atoms with Crippen LogP contribution >= 0.6 is 0 Å². The summed E-state index contributed by atoms with van der Waals surface area (Å²) in [6.45, 7) is 14.5. The number of aliphatic hydroxyl groups is 21. The Bertz CT molecular complexity index is 2980. The number of aliphatic hydroxyl groups excluding tert-OH is 21. The third kappa shape index (κ3) is 14.0. The summed E-state index contributed by atoms with van der Waals surface area (Å²) in [6, 6.07) is 0. The monoisotopic (exact) mass is 1530 g/mol. The van der Waals surface area contributed by atoms with Crippen LogP contribution in [0.25, 0.3) is 0 Å². The molecule has 5 aliphatic carbocycles. The van der Waals surface area contributed by atoms with E-state index >= 15 is 4.79 Å². The third-order valence-electron chi connectivity index (χ3n) is 28.2. The molecular weight excluding hydrogens is 1410 g/mol. The van der Waals surface area contributed by atoms with Gasteiger partial charge in [0.15, 0.2) is 31.5 Å². The molecule has 21 N–H and O–H groups in total. The molecule has 12 rings (SSSR count). The molecule has 0 aromatic carbocycles. The minimum Gasteiger partial charge on any atom is -0.432 e. The van der Waals surface area contributed by atoms with Gasteiger partial charge in [-0.15, -0.1) is 0 Å². The van der Waals surface area contributed by atoms with E-state index in [2.05, 4.69) is 27.4 Å². The van der Waals surface area contributed by atoms with E-state index in [9.17, 15) is 107 Å². The van der Waals surface area contributed by atoms with Crippen LogP contribution in [0.5, 0.6) is 0 Å². The fraction of sp³-hybridized carbons (Fsp3) is 0.958. The predicted octanol–water partition coefficient (Wildman–Crippen LogP) is -6.77. The Balaban J connectivity index is 0.733. The van der Waals surface area contributed by atoms with Crippen LogP contribution in [0.2, 0.25) is 0 Å². The molecule has 0 amide bonds. The van der Waals surface area contributed by atoms with E-state index in [1.807, 2.05) is 13.8 Å². The van der Waals surface area contributed by atoms with E-state index in [0.29, 0.717) is 57.8 Å². The van der Waals surface area contributed by atoms with Crippen LogP contribution in [-0.2, 0) is 66.4 Å². The Kier molecular flexibility index (Phi) is 25.1. The van der Waals surface area contributed by atoms with Gasteiger partial charge in [0.2, 0.25) is 6.29 Å². The van der Waals surface area contributed by atoms with Crippen molar-refractivity contribution in [3.8, 4) is 0 Å². The van der Waals surface area contributed by atoms with Gasteiger partial charge in [0.05, 0.1) is 56.8 Å². The van der Waals surface area contributed by atoms with E-state index < -0.39 is 270 Å². The number of esters is 1. The predicted molar refractivity (Wildman–Crippen MR) is 352 cm³/mol. The molecule has 12 aliphatic rings. The van der Waals surface area contributed by atoms with E-state index in [0.717, 1.165) is 12.0 Å². The van der Waals surface area contributed by atoms with Crippen molar-refractivity contribution in [1.29, 1.82) is 0 Å². The van der Waals surface area contributed by atoms with Crippen LogP contribution in [0.1, 0.15) is 113 Å². The summed E-state index contributed by atoms with van der Waals surface area (Å²) in [4.78, 5) is 15.4. The molecule has 0 aromatic heterocycles. The lowest BCUT2D eigenvalue weighted by Gasteiger charge is -2.73. The van der Waals surface area contributed by atoms with Gasteiger partial charge in [-0.3, -0.25) is 4.79 Å². The molecule has 35 nitrogen and oxygen atoms in total. The number of allylic oxidation sites excluding steroid dienone is 1. The summed E-state index contributed by atoms with van der Waals surface area (Å²) in [6.07, 6.45) is -51.0. The molecule has 5 saturated carbocycles. The highest BCUT2D eigenvalue weighted by Gasteiger charge is 2.74. The average Bonchev–Trinajstić information content (AvgIpc) is 1.09. The smallest absolute Gasteiger partial charge is 0.314 e. The average molecular weight is 1530 g/mol. The Morgan fingerprint density at radius 1 is 0.434 bits per heavy atom. The second-order valence-electron chi connectivity index (χ2n) is 33.6. The van der Waals surface area contributed by atoms with Gasteiger partial charge in [-0.25, -0.2) is 0 Å². The Hall–Kier alpha value is -2.11. The van der Waals surface area contributed by atoms with Crippen LogP contribution in [0.15, 0.2) is 12.2 Å². The second-order valence-corrected chi connectivity index (χ2v) is 33.6. The van der Waals surface area contributed by atoms with Crippen molar-refractivity contribution in [3.63, 3.8) is 0 Å². The molecule has 0 spiro atoms. The first-order valence-electron chi connectivity index (χ1n) is 37.6. The van der Waals surface area contributed by atoms with Gasteiger partial charge >= 0.3 is 5.97 Å². The van der Waals surface area contributed by atoms with Crippen LogP contribution in [-0.4, -0.2) is 361 Å². The molecule has 12 fully saturated rings. The standard InChI is InChI=1S/C71H116O35/c1-25(2)28-11-16-71(66(93)106-62-54(91)48(85)56(27(4)97-62)103-65-53(90)47(84)42(79)34(101-65)23-95-60-50(87)45(82)40(77)31(19-72)98-60)18-17-69(7)29(38(28)71)9-10-37-67(5)14-12-30(68(6,24-75)36(67)13-15-70(37,69)8)57-59(105-61-51(88)44(81)39(76)26(3)96-61)43(80)35(22-94-57)102-63-55(92)49(86)58(33(21-74)100-63)104-64-52(89)46(83)41(78)32(20-73)99-64/h26-65,72-92H,1,9-24H2,2-8H3/t26-,27-,28-,29+,30+,31+,32+,33+,34+,35-,36+,37+,38+,39-,40+,41+,42+,43-,44+,45-,46-,47-,48-,49+,50+,51+,52+,53+,54+,55+,56-,57-,58+,59+,60+,61-,62-,63-,64-,65-,67-,68+,69+,70+,71-/m0/s1. The molecule has 7 saturated heterocycles. The first-order valence-corrected chi connectivity index (χ1v) is 37.6. The summed E-state index contributed by atoms with van der Waals surface area (Å²) in [5.41, 5.74) is -2.33. The van der Waals surface area contributed by atoms with Gasteiger partial charge in [-0.2, -0.15) is 0 Å². The maximum absolute atomic E-state index is 15.4. The molecule has 106 heavy (non-hydrogen) atoms. The minimum absolute atomic E-state index is 0.0456. The maximum Gasteiger partial charge on any atom is 0.314 e. The van der Waals surface area contributed by atoms with Gasteiger partial charge in [-0.05, 0) is 142 Å². The number of fused-ring (bicyclic) bond motifs is 7. The second kappa shape index (κ2) is 31.9. The number of hydrogen-bond donors (Lipinski definition) is 21. The van der Waals surface area contributed by atoms with Crippen molar-refractivity contribution in [3.05, 3.63) is 12.2 Å². The number of hydrogen-bond acceptors (Lipinski definition) is 35. The third-order valence-corrected chi connectivity index (χ3v) is 28.2. The Labute approximate surface area is 613 Å². The summed E-state index contributed by atoms with van der Waals surface area (Å²) in [7, 11) is 0. The highest BCUT2D eigenvalue weighted by atomic mass is 16.8. The van der Waals surface area contributed by atoms with Crippen LogP contribution in [0.3, 0.4) is 0 Å². The molecular formula is C71H116O35. The highest BCUT2D eigenvalue weighted by Crippen LogP contribution is 2.78. The van der Waals surface area contributed by atoms with Crippen molar-refractivity contribution >= 4 is 5.97 Å². The fourth-order valence-electron chi connectivity index (χ4n) is 21.9. The molecule has 7 aliphatic heterocycles. The molecule has 0 aromatic rings. The molecule has 610 valence electrons. The van der Waals surface area contributed by atoms with Crippen molar-refractivity contribution < 1.29 is 174 Å². The first-order chi connectivity index (χ1) is 49.9. The molecule has 45 atom stereocenters. The number of carbonyl (C=O) groups is 1. The maximum atomic E-state index is 15.4. The van der Waals surface area contributed by atoms with Crippen LogP contribution < -0.4 is 0 Å². The SMILES string of the molecule is C=C(C)[C@@H]1CC[C@]2(C(=O)O[C@@H]3O[C@@H](C)[C@H](O[C@@H]4O[C@H](CO[C@@H]5O[C@H](CO)[C@@H](O)[C@H](O)[C@H]5O)[C@@H](O)[C@H](O)[C@H]4O)[C@@H](O)[C@H]3O)CC[C@]3(C)[C@H](CC[C@@H]4[C@@]5(C)CC[C@H]([C@@H]6OC[C@H](O[C@@H]7O[C@H](CO)[C@@H](O[C@@H]8O[C@H](CO)[C@@H](O)[C@H](O)[C@H]8O)[C@H](O)[C@H]7O)[C@H](O)[C@H]6O[C@@H]6O[C@@H](C)[C@H](O)[C@@H](O)[C@H]6O)[C@@](C)(CO)[C@@H]5CC[C@]43C)[C@@H]12. The number of rotatable bonds is 19. The molecule has 7 heterocycles. The summed E-state index contributed by atoms with van der Waals surface area (Å²) in [5.74, 6) is -1.75. The van der Waals surface area contributed by atoms with Crippen molar-refractivity contribution in [2.45, 2.75) is 321 Å². The molecule has 0 radical (unpaired) electrons. The molecule has 0 unspecified atom stereocenters. The van der Waals surface area contributed by atoms with Gasteiger partial charge in [-0.1, -0.05) is 39.8 Å². The highest BCUT2D eigenvalue weighted by molar-refractivity contribution is 5.78. The topological polar surface area (TPSA) is 562 Å². The van der Waals surface area contributed by atoms with E-state index in [4.69, 9.17) is 61.6 Å². The van der Waals surface area contributed by atoms with E-state index in [-0.39, 0.29) is 47.0 Å². The number of ether oxygens (including phenoxy) is 13. The molecule has 0 bridgehead atoms. The van der Waals surface area contributed by atoms with Crippen molar-refractivity contribution in [2.75, 3.05) is 39.6 Å². The zero-order valence-electron chi connectivity index (χ0n) is 60.7. The van der Waals surface area contributed by atoms with E-state index in [1.54, 1.807) is 0 Å². The van der Waals surface area contributed by atoms with Gasteiger partial charge in [0.1, 0.15) is 153 Å². The first kappa shape index (κ1) is 83.3. The lowest BCUT2D eigenvalue weighted by Crippen LogP contribution is -2.69. The number of carbonyl (C=O) groups excluding carboxylic acids is 1. The van der Waals surface area contributed by atoms with Gasteiger partial charge in [0.25, 0.3) is 0 Å². The zero-order chi connectivity index (χ0) is 77.3. The van der Waals surface area contributed by atoms with Gasteiger partial charge < -0.3 is 169 Å². The Morgan fingerprint density at radius 2 is 0.934 bits per heavy atom. The van der Waals surface area contributed by atoms with E-state index in [1.165, 1.54) is 13.8 Å². The largest absolute Gasteiger partial charge is 0.432 e. The summed E-state index contributed by atoms with van der Waals surface area (Å²) < 4.78 is 77.8. The van der Waals surface area contributed by atoms with Crippen molar-refractivity contribution in [2.24, 2.45) is 62.6 Å². The summed E-state index contributed by atoms with van der Waals surface area (Å²) in [5, 5.41) is 230. The lowest BCUT2D eigenvalue weighted by molar-refractivity contribution is -0.376. The normalized spacial score (nSPS) is 56.3. The van der Waals surface area contributed by atoms with Crippen molar-refractivity contribution in [1.82, 2.24) is 0 Å². The van der Waals surface area contributed by atoms with Gasteiger partial charge in [0, 0.05) is 6.61 Å². The lowest BCUT2D eigenvalue weighted by atomic mass is 9.31. The summed E-state index contributed by atoms with van der Waals surface area (Å²) >= 11 is 0. The van der Waals surface area contributed by atoms with Crippen LogP contribution in [0, 0.1) is 62.6 Å². The van der Waals surface area contributed by atoms with Crippen LogP contribution in [0.4, 0.5) is 0 Å². The zero-order valence-corrected chi connectivity index (χ0v) is 60.7. The minimum atomic E-state index is -2.01. The fourth-order valence-corrected chi connectivity index (χ4v) is 21.9. The quantitative estimate of drug-likeness (QED) is 0.0422.